The van der Waals surface area contributed by atoms with Crippen LogP contribution in [0.2, 0.25) is 0 Å². The second-order valence-corrected chi connectivity index (χ2v) is 5.27. The lowest BCUT2D eigenvalue weighted by Gasteiger charge is -2.35. The lowest BCUT2D eigenvalue weighted by atomic mass is 9.99. The summed E-state index contributed by atoms with van der Waals surface area (Å²) in [6.07, 6.45) is 1.96. The molecule has 104 valence electrons. The summed E-state index contributed by atoms with van der Waals surface area (Å²) >= 11 is 0. The monoisotopic (exact) mass is 264 g/mol. The van der Waals surface area contributed by atoms with Crippen LogP contribution in [0.25, 0.3) is 0 Å². The van der Waals surface area contributed by atoms with E-state index in [1.165, 1.54) is 6.07 Å². The van der Waals surface area contributed by atoms with Gasteiger partial charge in [-0.2, -0.15) is 0 Å². The number of hydrogen-bond donors (Lipinski definition) is 1. The molecule has 0 bridgehead atoms. The maximum atomic E-state index is 11.0. The highest BCUT2D eigenvalue weighted by atomic mass is 16.6. The summed E-state index contributed by atoms with van der Waals surface area (Å²) in [5.74, 6) is 0.395. The third-order valence-electron chi connectivity index (χ3n) is 3.76. The number of nitrogens with zero attached hydrogens (tertiary/aromatic N) is 3. The highest BCUT2D eigenvalue weighted by Crippen LogP contribution is 2.26. The van der Waals surface area contributed by atoms with E-state index in [1.807, 2.05) is 6.92 Å². The van der Waals surface area contributed by atoms with E-state index in [4.69, 9.17) is 0 Å². The van der Waals surface area contributed by atoms with E-state index in [9.17, 15) is 10.1 Å². The molecular formula is C13H20N4O2. The van der Waals surface area contributed by atoms with Gasteiger partial charge in [-0.1, -0.05) is 0 Å². The third-order valence-corrected chi connectivity index (χ3v) is 3.76. The van der Waals surface area contributed by atoms with Gasteiger partial charge < -0.3 is 10.2 Å². The SMILES string of the molecule is Cc1ccc([N+](=O)[O-])c(NC2CCN(C)C(C)C2)n1. The first kappa shape index (κ1) is 13.7. The van der Waals surface area contributed by atoms with E-state index in [2.05, 4.69) is 29.2 Å². The van der Waals surface area contributed by atoms with Crippen LogP contribution in [0.15, 0.2) is 12.1 Å². The molecule has 1 aliphatic heterocycles. The number of piperidine rings is 1. The summed E-state index contributed by atoms with van der Waals surface area (Å²) in [4.78, 5) is 17.2. The Morgan fingerprint density at radius 1 is 1.53 bits per heavy atom. The molecule has 0 spiro atoms. The predicted molar refractivity (Wildman–Crippen MR) is 74.4 cm³/mol. The van der Waals surface area contributed by atoms with Gasteiger partial charge in [-0.15, -0.1) is 0 Å². The molecule has 0 amide bonds. The number of aromatic nitrogens is 1. The van der Waals surface area contributed by atoms with Crippen LogP contribution in [0.4, 0.5) is 11.5 Å². The van der Waals surface area contributed by atoms with Crippen molar-refractivity contribution in [2.45, 2.75) is 38.8 Å². The quantitative estimate of drug-likeness (QED) is 0.669. The van der Waals surface area contributed by atoms with Crippen molar-refractivity contribution in [3.05, 3.63) is 27.9 Å². The van der Waals surface area contributed by atoms with Crippen LogP contribution in [-0.2, 0) is 0 Å². The molecule has 1 N–H and O–H groups in total. The molecule has 1 fully saturated rings. The van der Waals surface area contributed by atoms with Crippen molar-refractivity contribution in [1.82, 2.24) is 9.88 Å². The number of anilines is 1. The Bertz CT molecular complexity index is 478. The van der Waals surface area contributed by atoms with Crippen LogP contribution in [0.1, 0.15) is 25.5 Å². The number of rotatable bonds is 3. The van der Waals surface area contributed by atoms with Gasteiger partial charge in [-0.25, -0.2) is 4.98 Å². The highest BCUT2D eigenvalue weighted by Gasteiger charge is 2.25. The summed E-state index contributed by atoms with van der Waals surface area (Å²) < 4.78 is 0. The van der Waals surface area contributed by atoms with Crippen LogP contribution < -0.4 is 5.32 Å². The van der Waals surface area contributed by atoms with Gasteiger partial charge in [-0.3, -0.25) is 10.1 Å². The molecule has 1 aliphatic rings. The highest BCUT2D eigenvalue weighted by molar-refractivity contribution is 5.56. The van der Waals surface area contributed by atoms with E-state index in [0.29, 0.717) is 11.9 Å². The van der Waals surface area contributed by atoms with Crippen molar-refractivity contribution in [1.29, 1.82) is 0 Å². The fraction of sp³-hybridized carbons (Fsp3) is 0.615. The Kier molecular flexibility index (Phi) is 3.99. The van der Waals surface area contributed by atoms with Crippen molar-refractivity contribution in [3.63, 3.8) is 0 Å². The first-order valence-corrected chi connectivity index (χ1v) is 6.56. The minimum absolute atomic E-state index is 0.0529. The molecule has 6 heteroatoms. The molecule has 0 radical (unpaired) electrons. The molecule has 2 unspecified atom stereocenters. The predicted octanol–water partition coefficient (Wildman–Crippen LogP) is 2.19. The maximum Gasteiger partial charge on any atom is 0.311 e. The Hall–Kier alpha value is -1.69. The molecule has 1 aromatic heterocycles. The van der Waals surface area contributed by atoms with Gasteiger partial charge in [0.15, 0.2) is 0 Å². The zero-order valence-corrected chi connectivity index (χ0v) is 11.6. The van der Waals surface area contributed by atoms with E-state index in [1.54, 1.807) is 6.07 Å². The largest absolute Gasteiger partial charge is 0.361 e. The third kappa shape index (κ3) is 3.20. The van der Waals surface area contributed by atoms with Gasteiger partial charge in [0.25, 0.3) is 0 Å². The minimum Gasteiger partial charge on any atom is -0.361 e. The normalized spacial score (nSPS) is 24.2. The van der Waals surface area contributed by atoms with Crippen molar-refractivity contribution in [2.24, 2.45) is 0 Å². The summed E-state index contributed by atoms with van der Waals surface area (Å²) in [5, 5.41) is 14.3. The molecule has 0 aromatic carbocycles. The van der Waals surface area contributed by atoms with Crippen LogP contribution in [0.3, 0.4) is 0 Å². The molecule has 2 atom stereocenters. The average molecular weight is 264 g/mol. The van der Waals surface area contributed by atoms with Crippen molar-refractivity contribution < 1.29 is 4.92 Å². The fourth-order valence-electron chi connectivity index (χ4n) is 2.42. The second-order valence-electron chi connectivity index (χ2n) is 5.27. The molecule has 6 nitrogen and oxygen atoms in total. The maximum absolute atomic E-state index is 11.0. The van der Waals surface area contributed by atoms with Crippen molar-refractivity contribution in [2.75, 3.05) is 18.9 Å². The Morgan fingerprint density at radius 2 is 2.26 bits per heavy atom. The molecule has 1 saturated heterocycles. The Labute approximate surface area is 113 Å². The molecule has 2 heterocycles. The van der Waals surface area contributed by atoms with E-state index in [0.717, 1.165) is 25.1 Å². The Balaban J connectivity index is 2.14. The number of aryl methyl sites for hydroxylation is 1. The molecule has 19 heavy (non-hydrogen) atoms. The van der Waals surface area contributed by atoms with Gasteiger partial charge in [0.1, 0.15) is 0 Å². The molecule has 1 aromatic rings. The number of nitro groups is 1. The standard InChI is InChI=1S/C13H20N4O2/c1-9-4-5-12(17(18)19)13(14-9)15-11-6-7-16(3)10(2)8-11/h4-5,10-11H,6-8H2,1-3H3,(H,14,15). The van der Waals surface area contributed by atoms with Crippen LogP contribution in [0.5, 0.6) is 0 Å². The number of pyridine rings is 1. The fourth-order valence-corrected chi connectivity index (χ4v) is 2.42. The van der Waals surface area contributed by atoms with Crippen LogP contribution >= 0.6 is 0 Å². The topological polar surface area (TPSA) is 71.3 Å². The summed E-state index contributed by atoms with van der Waals surface area (Å²) in [6.45, 7) is 5.01. The van der Waals surface area contributed by atoms with Crippen LogP contribution in [0, 0.1) is 17.0 Å². The molecule has 2 rings (SSSR count). The second kappa shape index (κ2) is 5.52. The van der Waals surface area contributed by atoms with E-state index >= 15 is 0 Å². The lowest BCUT2D eigenvalue weighted by molar-refractivity contribution is -0.384. The van der Waals surface area contributed by atoms with Crippen molar-refractivity contribution in [3.8, 4) is 0 Å². The number of likely N-dealkylation sites (tertiary alicyclic amines) is 1. The number of hydrogen-bond acceptors (Lipinski definition) is 5. The zero-order valence-electron chi connectivity index (χ0n) is 11.6. The van der Waals surface area contributed by atoms with Gasteiger partial charge in [-0.05, 0) is 39.8 Å². The van der Waals surface area contributed by atoms with E-state index in [-0.39, 0.29) is 16.7 Å². The smallest absolute Gasteiger partial charge is 0.311 e. The number of nitrogens with one attached hydrogen (secondary N) is 1. The summed E-state index contributed by atoms with van der Waals surface area (Å²) in [7, 11) is 2.11. The minimum atomic E-state index is -0.382. The van der Waals surface area contributed by atoms with Gasteiger partial charge >= 0.3 is 5.69 Å². The van der Waals surface area contributed by atoms with Gasteiger partial charge in [0.05, 0.1) is 4.92 Å². The zero-order chi connectivity index (χ0) is 14.0. The molecule has 0 aliphatic carbocycles. The Morgan fingerprint density at radius 3 is 2.89 bits per heavy atom. The van der Waals surface area contributed by atoms with Crippen molar-refractivity contribution >= 4 is 11.5 Å². The van der Waals surface area contributed by atoms with E-state index < -0.39 is 0 Å². The first-order chi connectivity index (χ1) is 8.97. The van der Waals surface area contributed by atoms with Gasteiger partial charge in [0.2, 0.25) is 5.82 Å². The van der Waals surface area contributed by atoms with Gasteiger partial charge in [0, 0.05) is 30.4 Å². The lowest BCUT2D eigenvalue weighted by Crippen LogP contribution is -2.42. The average Bonchev–Trinajstić information content (AvgIpc) is 2.33. The molecular weight excluding hydrogens is 244 g/mol. The summed E-state index contributed by atoms with van der Waals surface area (Å²) in [5.41, 5.74) is 0.839. The summed E-state index contributed by atoms with van der Waals surface area (Å²) in [6, 6.07) is 3.92. The molecule has 0 saturated carbocycles. The first-order valence-electron chi connectivity index (χ1n) is 6.56. The van der Waals surface area contributed by atoms with Crippen LogP contribution in [-0.4, -0.2) is 40.5 Å².